The molecule has 0 aliphatic rings. The molecule has 9 nitrogen and oxygen atoms in total. The van der Waals surface area contributed by atoms with Crippen molar-refractivity contribution in [3.8, 4) is 17.3 Å². The number of oxime groups is 1. The summed E-state index contributed by atoms with van der Waals surface area (Å²) in [5.41, 5.74) is 8.91. The first-order valence-corrected chi connectivity index (χ1v) is 8.10. The van der Waals surface area contributed by atoms with Crippen molar-refractivity contribution in [1.82, 2.24) is 19.9 Å². The van der Waals surface area contributed by atoms with E-state index in [9.17, 15) is 5.21 Å². The van der Waals surface area contributed by atoms with Gasteiger partial charge in [-0.05, 0) is 34.6 Å². The van der Waals surface area contributed by atoms with Crippen LogP contribution in [0.3, 0.4) is 0 Å². The van der Waals surface area contributed by atoms with E-state index in [1.807, 2.05) is 47.0 Å². The van der Waals surface area contributed by atoms with Crippen molar-refractivity contribution in [1.29, 1.82) is 0 Å². The lowest BCUT2D eigenvalue weighted by Gasteiger charge is -2.10. The van der Waals surface area contributed by atoms with E-state index in [4.69, 9.17) is 15.1 Å². The average Bonchev–Trinajstić information content (AvgIpc) is 3.29. The number of hydrogen-bond acceptors (Lipinski definition) is 8. The third kappa shape index (κ3) is 2.95. The normalized spacial score (nSPS) is 11.8. The molecule has 0 fully saturated rings. The molecule has 4 rings (SSSR count). The summed E-state index contributed by atoms with van der Waals surface area (Å²) < 4.78 is 11.8. The summed E-state index contributed by atoms with van der Waals surface area (Å²) in [5, 5.41) is 20.6. The Bertz CT molecular complexity index is 1130. The standard InChI is InChI=1S/C18H16N6O3/c1-26-12-6-4-5-11(9-12)14(21-25)10-24-15-8-3-2-7-13(15)20-18(24)16-17(19)23-27-22-16/h2-9,25H,10H2,1H3,(H2,19,23). The van der Waals surface area contributed by atoms with E-state index in [0.29, 0.717) is 28.5 Å². The molecule has 0 atom stereocenters. The molecule has 0 aliphatic heterocycles. The van der Waals surface area contributed by atoms with Crippen LogP contribution in [-0.2, 0) is 6.54 Å². The maximum atomic E-state index is 9.63. The van der Waals surface area contributed by atoms with E-state index in [1.165, 1.54) is 0 Å². The Hall–Kier alpha value is -3.88. The Morgan fingerprint density at radius 3 is 2.81 bits per heavy atom. The second-order valence-electron chi connectivity index (χ2n) is 5.79. The lowest BCUT2D eigenvalue weighted by atomic mass is 10.1. The van der Waals surface area contributed by atoms with Crippen LogP contribution in [0.2, 0.25) is 0 Å². The number of nitrogens with two attached hydrogens (primary N) is 1. The molecule has 0 aliphatic carbocycles. The lowest BCUT2D eigenvalue weighted by molar-refractivity contribution is 0.310. The van der Waals surface area contributed by atoms with E-state index in [1.54, 1.807) is 13.2 Å². The number of methoxy groups -OCH3 is 1. The van der Waals surface area contributed by atoms with Crippen LogP contribution in [0.25, 0.3) is 22.6 Å². The molecule has 3 N–H and O–H groups in total. The summed E-state index contributed by atoms with van der Waals surface area (Å²) >= 11 is 0. The molecule has 0 unspecified atom stereocenters. The van der Waals surface area contributed by atoms with Gasteiger partial charge in [-0.2, -0.15) is 0 Å². The van der Waals surface area contributed by atoms with Crippen LogP contribution in [-0.4, -0.2) is 37.9 Å². The number of anilines is 1. The number of nitrogens with zero attached hydrogens (tertiary/aromatic N) is 5. The molecule has 136 valence electrons. The zero-order valence-electron chi connectivity index (χ0n) is 14.4. The fraction of sp³-hybridized carbons (Fsp3) is 0.111. The van der Waals surface area contributed by atoms with E-state index >= 15 is 0 Å². The van der Waals surface area contributed by atoms with Gasteiger partial charge in [-0.15, -0.1) is 0 Å². The minimum Gasteiger partial charge on any atom is -0.497 e. The summed E-state index contributed by atoms with van der Waals surface area (Å²) in [6, 6.07) is 14.8. The minimum atomic E-state index is 0.135. The molecule has 27 heavy (non-hydrogen) atoms. The van der Waals surface area contributed by atoms with Crippen molar-refractivity contribution in [3.63, 3.8) is 0 Å². The number of ether oxygens (including phenoxy) is 1. The highest BCUT2D eigenvalue weighted by Crippen LogP contribution is 2.27. The van der Waals surface area contributed by atoms with Gasteiger partial charge in [0, 0.05) is 5.56 Å². The van der Waals surface area contributed by atoms with Crippen molar-refractivity contribution < 1.29 is 14.6 Å². The highest BCUT2D eigenvalue weighted by Gasteiger charge is 2.20. The molecular formula is C18H16N6O3. The molecule has 0 bridgehead atoms. The van der Waals surface area contributed by atoms with Crippen LogP contribution in [0.5, 0.6) is 5.75 Å². The van der Waals surface area contributed by atoms with Crippen LogP contribution < -0.4 is 10.5 Å². The second kappa shape index (κ2) is 6.79. The molecular weight excluding hydrogens is 348 g/mol. The molecule has 2 aromatic heterocycles. The number of rotatable bonds is 5. The molecule has 9 heteroatoms. The summed E-state index contributed by atoms with van der Waals surface area (Å²) in [6.45, 7) is 0.228. The van der Waals surface area contributed by atoms with Gasteiger partial charge in [0.15, 0.2) is 17.3 Å². The van der Waals surface area contributed by atoms with Gasteiger partial charge in [-0.1, -0.05) is 29.4 Å². The molecule has 0 radical (unpaired) electrons. The summed E-state index contributed by atoms with van der Waals surface area (Å²) in [6.07, 6.45) is 0. The number of para-hydroxylation sites is 2. The molecule has 2 aromatic carbocycles. The maximum Gasteiger partial charge on any atom is 0.199 e. The van der Waals surface area contributed by atoms with Crippen molar-refractivity contribution in [2.75, 3.05) is 12.8 Å². The quantitative estimate of drug-likeness (QED) is 0.317. The first-order chi connectivity index (χ1) is 13.2. The Morgan fingerprint density at radius 2 is 2.07 bits per heavy atom. The number of imidazole rings is 1. The fourth-order valence-electron chi connectivity index (χ4n) is 2.90. The van der Waals surface area contributed by atoms with Gasteiger partial charge in [0.2, 0.25) is 0 Å². The van der Waals surface area contributed by atoms with Gasteiger partial charge in [-0.25, -0.2) is 9.61 Å². The number of nitrogen functional groups attached to an aromatic ring is 1. The smallest absolute Gasteiger partial charge is 0.199 e. The first-order valence-electron chi connectivity index (χ1n) is 8.10. The predicted molar refractivity (Wildman–Crippen MR) is 98.8 cm³/mol. The van der Waals surface area contributed by atoms with Gasteiger partial charge < -0.3 is 20.2 Å². The largest absolute Gasteiger partial charge is 0.497 e. The van der Waals surface area contributed by atoms with E-state index in [-0.39, 0.29) is 12.4 Å². The van der Waals surface area contributed by atoms with Crippen molar-refractivity contribution >= 4 is 22.6 Å². The predicted octanol–water partition coefficient (Wildman–Crippen LogP) is 2.56. The zero-order chi connectivity index (χ0) is 18.8. The van der Waals surface area contributed by atoms with Gasteiger partial charge >= 0.3 is 0 Å². The van der Waals surface area contributed by atoms with Crippen molar-refractivity contribution in [2.24, 2.45) is 5.16 Å². The molecule has 0 amide bonds. The summed E-state index contributed by atoms with van der Waals surface area (Å²) in [4.78, 5) is 4.59. The molecule has 0 saturated heterocycles. The van der Waals surface area contributed by atoms with Crippen LogP contribution in [0.4, 0.5) is 5.82 Å². The summed E-state index contributed by atoms with van der Waals surface area (Å²) in [7, 11) is 1.58. The van der Waals surface area contributed by atoms with Gasteiger partial charge in [-0.3, -0.25) is 0 Å². The van der Waals surface area contributed by atoms with E-state index < -0.39 is 0 Å². The van der Waals surface area contributed by atoms with Crippen molar-refractivity contribution in [3.05, 3.63) is 54.1 Å². The molecule has 0 saturated carbocycles. The number of fused-ring (bicyclic) bond motifs is 1. The zero-order valence-corrected chi connectivity index (χ0v) is 14.4. The van der Waals surface area contributed by atoms with Crippen LogP contribution in [0.15, 0.2) is 58.3 Å². The number of hydrogen-bond donors (Lipinski definition) is 2. The van der Waals surface area contributed by atoms with Gasteiger partial charge in [0.25, 0.3) is 0 Å². The monoisotopic (exact) mass is 364 g/mol. The third-order valence-electron chi connectivity index (χ3n) is 4.21. The molecule has 4 aromatic rings. The first kappa shape index (κ1) is 16.6. The molecule has 2 heterocycles. The lowest BCUT2D eigenvalue weighted by Crippen LogP contribution is -2.13. The third-order valence-corrected chi connectivity index (χ3v) is 4.21. The number of benzene rings is 2. The van der Waals surface area contributed by atoms with Gasteiger partial charge in [0.1, 0.15) is 11.5 Å². The highest BCUT2D eigenvalue weighted by molar-refractivity contribution is 6.01. The van der Waals surface area contributed by atoms with E-state index in [0.717, 1.165) is 11.0 Å². The fourth-order valence-corrected chi connectivity index (χ4v) is 2.90. The highest BCUT2D eigenvalue weighted by atomic mass is 16.6. The number of aromatic nitrogens is 4. The Morgan fingerprint density at radius 1 is 1.22 bits per heavy atom. The maximum absolute atomic E-state index is 9.63. The van der Waals surface area contributed by atoms with Crippen LogP contribution in [0, 0.1) is 0 Å². The minimum absolute atomic E-state index is 0.135. The summed E-state index contributed by atoms with van der Waals surface area (Å²) in [5.74, 6) is 1.27. The Labute approximate surface area is 153 Å². The molecule has 0 spiro atoms. The van der Waals surface area contributed by atoms with Crippen LogP contribution >= 0.6 is 0 Å². The Balaban J connectivity index is 1.84. The SMILES string of the molecule is COc1cccc(C(Cn2c(-c3nonc3N)nc3ccccc32)=NO)c1. The van der Waals surface area contributed by atoms with Crippen LogP contribution in [0.1, 0.15) is 5.56 Å². The second-order valence-corrected chi connectivity index (χ2v) is 5.79. The van der Waals surface area contributed by atoms with Crippen molar-refractivity contribution in [2.45, 2.75) is 6.54 Å². The Kier molecular flexibility index (Phi) is 4.17. The van der Waals surface area contributed by atoms with E-state index in [2.05, 4.69) is 20.5 Å². The van der Waals surface area contributed by atoms with Gasteiger partial charge in [0.05, 0.1) is 24.7 Å². The topological polar surface area (TPSA) is 125 Å². The average molecular weight is 364 g/mol.